The third-order valence-corrected chi connectivity index (χ3v) is 8.81. The SMILES string of the molecule is C=C1C=CC=C2[C@H]3C[C@H](CN(C(=O)CN4CCC[C@H](NC)C4=O)C3)CN12.C=O.Cc1ccc(NC(=O)C2CC2)c(Cl)c1. The predicted octanol–water partition coefficient (Wildman–Crippen LogP) is 3.76. The zero-order valence-corrected chi connectivity index (χ0v) is 25.4. The second-order valence-electron chi connectivity index (χ2n) is 11.6. The average molecular weight is 596 g/mol. The van der Waals surface area contributed by atoms with E-state index in [9.17, 15) is 14.4 Å². The summed E-state index contributed by atoms with van der Waals surface area (Å²) in [7, 11) is 1.81. The number of halogens is 1. The molecule has 3 saturated heterocycles. The van der Waals surface area contributed by atoms with E-state index in [1.54, 1.807) is 4.90 Å². The monoisotopic (exact) mass is 595 g/mol. The molecular weight excluding hydrogens is 554 g/mol. The van der Waals surface area contributed by atoms with Crippen LogP contribution in [0.4, 0.5) is 5.69 Å². The molecule has 0 aromatic heterocycles. The van der Waals surface area contributed by atoms with Gasteiger partial charge in [-0.1, -0.05) is 30.3 Å². The number of amides is 3. The topological polar surface area (TPSA) is 102 Å². The van der Waals surface area contributed by atoms with E-state index in [0.29, 0.717) is 29.1 Å². The average Bonchev–Trinajstić information content (AvgIpc) is 3.84. The van der Waals surface area contributed by atoms with Gasteiger partial charge in [-0.15, -0.1) is 0 Å². The largest absolute Gasteiger partial charge is 0.345 e. The van der Waals surface area contributed by atoms with Crippen LogP contribution in [0.3, 0.4) is 0 Å². The van der Waals surface area contributed by atoms with Gasteiger partial charge in [0.15, 0.2) is 0 Å². The van der Waals surface area contributed by atoms with Crippen LogP contribution in [0, 0.1) is 24.7 Å². The standard InChI is InChI=1S/C20H28N4O2.C11H12ClNO.CH2O/c1-14-5-3-7-18-16-9-15(11-24(14)18)10-23(12-16)19(25)13-22-8-4-6-17(21-2)20(22)26;1-7-2-5-10(9(12)6-7)13-11(14)8-3-4-8;1-2/h3,5,7,15-17,21H,1,4,6,8-13H2,2H3;2,5-6,8H,3-4H2,1H3,(H,13,14);1H2/t15-,16+,17+;;/m1../s1. The van der Waals surface area contributed by atoms with Crippen LogP contribution < -0.4 is 10.6 Å². The molecule has 4 fully saturated rings. The van der Waals surface area contributed by atoms with Crippen molar-refractivity contribution in [1.29, 1.82) is 0 Å². The third-order valence-electron chi connectivity index (χ3n) is 8.50. The van der Waals surface area contributed by atoms with Crippen LogP contribution in [0.15, 0.2) is 54.4 Å². The maximum Gasteiger partial charge on any atom is 0.242 e. The van der Waals surface area contributed by atoms with Crippen molar-refractivity contribution < 1.29 is 19.2 Å². The highest BCUT2D eigenvalue weighted by Gasteiger charge is 2.40. The molecule has 6 rings (SSSR count). The van der Waals surface area contributed by atoms with E-state index in [2.05, 4.69) is 34.3 Å². The van der Waals surface area contributed by atoms with Gasteiger partial charge in [0.25, 0.3) is 0 Å². The van der Waals surface area contributed by atoms with Crippen LogP contribution in [-0.2, 0) is 19.2 Å². The minimum Gasteiger partial charge on any atom is -0.345 e. The van der Waals surface area contributed by atoms with Crippen LogP contribution in [0.1, 0.15) is 37.7 Å². The van der Waals surface area contributed by atoms with Gasteiger partial charge in [0, 0.05) is 49.4 Å². The Morgan fingerprint density at radius 3 is 2.57 bits per heavy atom. The van der Waals surface area contributed by atoms with Gasteiger partial charge < -0.3 is 30.1 Å². The molecule has 42 heavy (non-hydrogen) atoms. The number of carbonyl (C=O) groups is 4. The van der Waals surface area contributed by atoms with E-state index < -0.39 is 0 Å². The van der Waals surface area contributed by atoms with Crippen molar-refractivity contribution in [2.45, 2.75) is 45.1 Å². The highest BCUT2D eigenvalue weighted by molar-refractivity contribution is 6.33. The number of anilines is 1. The molecule has 5 aliphatic rings. The van der Waals surface area contributed by atoms with Crippen LogP contribution in [-0.4, -0.2) is 85.0 Å². The summed E-state index contributed by atoms with van der Waals surface area (Å²) in [6, 6.07) is 5.49. The fourth-order valence-electron chi connectivity index (χ4n) is 6.12. The fraction of sp³-hybridized carbons (Fsp3) is 0.500. The first-order chi connectivity index (χ1) is 20.2. The number of allylic oxidation sites excluding steroid dienone is 3. The summed E-state index contributed by atoms with van der Waals surface area (Å²) in [6.45, 7) is 11.5. The molecule has 4 heterocycles. The normalized spacial score (nSPS) is 24.4. The van der Waals surface area contributed by atoms with E-state index in [1.165, 1.54) is 5.70 Å². The summed E-state index contributed by atoms with van der Waals surface area (Å²) in [6.07, 6.45) is 11.2. The number of fused-ring (bicyclic) bond motifs is 4. The molecule has 1 aliphatic carbocycles. The first kappa shape index (κ1) is 31.5. The molecule has 1 aromatic carbocycles. The molecule has 9 nitrogen and oxygen atoms in total. The van der Waals surface area contributed by atoms with Gasteiger partial charge in [0.2, 0.25) is 17.7 Å². The summed E-state index contributed by atoms with van der Waals surface area (Å²) in [5.74, 6) is 1.30. The first-order valence-corrected chi connectivity index (χ1v) is 15.1. The van der Waals surface area contributed by atoms with Gasteiger partial charge in [0.1, 0.15) is 6.79 Å². The number of carbonyl (C=O) groups excluding carboxylic acids is 4. The van der Waals surface area contributed by atoms with E-state index in [0.717, 1.165) is 63.0 Å². The maximum atomic E-state index is 12.9. The summed E-state index contributed by atoms with van der Waals surface area (Å²) >= 11 is 5.98. The van der Waals surface area contributed by atoms with Gasteiger partial charge in [-0.2, -0.15) is 0 Å². The minimum atomic E-state index is -0.143. The highest BCUT2D eigenvalue weighted by atomic mass is 35.5. The molecule has 0 radical (unpaired) electrons. The molecule has 0 unspecified atom stereocenters. The van der Waals surface area contributed by atoms with Crippen LogP contribution in [0.2, 0.25) is 5.02 Å². The van der Waals surface area contributed by atoms with Crippen molar-refractivity contribution in [2.24, 2.45) is 17.8 Å². The Morgan fingerprint density at radius 1 is 1.12 bits per heavy atom. The minimum absolute atomic E-state index is 0.0619. The number of benzene rings is 1. The van der Waals surface area contributed by atoms with Gasteiger partial charge >= 0.3 is 0 Å². The van der Waals surface area contributed by atoms with Crippen LogP contribution in [0.25, 0.3) is 0 Å². The van der Waals surface area contributed by atoms with Crippen molar-refractivity contribution in [3.8, 4) is 0 Å². The Hall–Kier alpha value is -3.43. The van der Waals surface area contributed by atoms with Crippen molar-refractivity contribution in [3.63, 3.8) is 0 Å². The molecule has 0 spiro atoms. The number of hydrogen-bond donors (Lipinski definition) is 2. The molecule has 10 heteroatoms. The molecule has 1 saturated carbocycles. The van der Waals surface area contributed by atoms with Crippen LogP contribution in [0.5, 0.6) is 0 Å². The number of likely N-dealkylation sites (N-methyl/N-ethyl adjacent to an activating group) is 1. The number of nitrogens with one attached hydrogen (secondary N) is 2. The molecule has 2 N–H and O–H groups in total. The molecule has 2 bridgehead atoms. The van der Waals surface area contributed by atoms with Crippen molar-refractivity contribution in [2.75, 3.05) is 45.1 Å². The molecule has 4 aliphatic heterocycles. The summed E-state index contributed by atoms with van der Waals surface area (Å²) < 4.78 is 0. The smallest absolute Gasteiger partial charge is 0.242 e. The predicted molar refractivity (Wildman–Crippen MR) is 165 cm³/mol. The lowest BCUT2D eigenvalue weighted by molar-refractivity contribution is -0.145. The van der Waals surface area contributed by atoms with E-state index >= 15 is 0 Å². The maximum absolute atomic E-state index is 12.9. The molecule has 3 amide bonds. The Bertz CT molecular complexity index is 1260. The fourth-order valence-corrected chi connectivity index (χ4v) is 6.41. The number of hydrogen-bond acceptors (Lipinski definition) is 6. The third kappa shape index (κ3) is 7.50. The van der Waals surface area contributed by atoms with Gasteiger partial charge in [-0.3, -0.25) is 14.4 Å². The number of aryl methyl sites for hydroxylation is 1. The van der Waals surface area contributed by atoms with E-state index in [4.69, 9.17) is 16.4 Å². The zero-order chi connectivity index (χ0) is 30.4. The lowest BCUT2D eigenvalue weighted by Gasteiger charge is -2.49. The summed E-state index contributed by atoms with van der Waals surface area (Å²) in [4.78, 5) is 50.8. The summed E-state index contributed by atoms with van der Waals surface area (Å²) in [5, 5.41) is 6.50. The second-order valence-corrected chi connectivity index (χ2v) is 12.0. The number of likely N-dealkylation sites (tertiary alicyclic amines) is 2. The van der Waals surface area contributed by atoms with Crippen molar-refractivity contribution in [1.82, 2.24) is 20.0 Å². The number of nitrogens with zero attached hydrogens (tertiary/aromatic N) is 3. The van der Waals surface area contributed by atoms with E-state index in [1.807, 2.05) is 49.9 Å². The number of rotatable bonds is 5. The molecule has 3 atom stereocenters. The summed E-state index contributed by atoms with van der Waals surface area (Å²) in [5.41, 5.74) is 4.15. The Kier molecular flexibility index (Phi) is 10.6. The second kappa shape index (κ2) is 14.2. The Morgan fingerprint density at radius 2 is 1.88 bits per heavy atom. The van der Waals surface area contributed by atoms with E-state index in [-0.39, 0.29) is 36.2 Å². The van der Waals surface area contributed by atoms with Crippen molar-refractivity contribution >= 4 is 41.8 Å². The molecular formula is C32H42ClN5O4. The molecule has 1 aromatic rings. The highest BCUT2D eigenvalue weighted by Crippen LogP contribution is 2.39. The lowest BCUT2D eigenvalue weighted by Crippen LogP contribution is -2.56. The van der Waals surface area contributed by atoms with Gasteiger partial charge in [-0.25, -0.2) is 0 Å². The van der Waals surface area contributed by atoms with Crippen molar-refractivity contribution in [3.05, 3.63) is 65.0 Å². The number of piperidine rings is 3. The first-order valence-electron chi connectivity index (χ1n) is 14.7. The quantitative estimate of drug-likeness (QED) is 0.538. The van der Waals surface area contributed by atoms with Crippen LogP contribution >= 0.6 is 11.6 Å². The Labute approximate surface area is 253 Å². The zero-order valence-electron chi connectivity index (χ0n) is 24.6. The lowest BCUT2D eigenvalue weighted by atomic mass is 9.81. The van der Waals surface area contributed by atoms with Gasteiger partial charge in [0.05, 0.1) is 23.3 Å². The molecule has 226 valence electrons. The Balaban J connectivity index is 0.000000214. The van der Waals surface area contributed by atoms with Gasteiger partial charge in [-0.05, 0) is 81.8 Å².